The van der Waals surface area contributed by atoms with Crippen molar-refractivity contribution in [3.8, 4) is 11.8 Å². The first-order valence-corrected chi connectivity index (χ1v) is 7.65. The van der Waals surface area contributed by atoms with E-state index in [4.69, 9.17) is 5.73 Å². The van der Waals surface area contributed by atoms with Gasteiger partial charge in [0.15, 0.2) is 0 Å². The molecule has 0 aromatic heterocycles. The number of carbonyl (C=O) groups excluding carboxylic acids is 1. The zero-order chi connectivity index (χ0) is 15.1. The molecule has 0 spiro atoms. The smallest absolute Gasteiger partial charge is 0.255 e. The van der Waals surface area contributed by atoms with Crippen molar-refractivity contribution in [3.63, 3.8) is 0 Å². The summed E-state index contributed by atoms with van der Waals surface area (Å²) < 4.78 is 13.3. The van der Waals surface area contributed by atoms with Gasteiger partial charge in [-0.15, -0.1) is 0 Å². The molecule has 5 heteroatoms. The number of hydrogen-bond donors (Lipinski definition) is 1. The van der Waals surface area contributed by atoms with Crippen molar-refractivity contribution in [2.75, 3.05) is 25.6 Å². The first-order valence-electron chi connectivity index (χ1n) is 6.25. The molecule has 1 unspecified atom stereocenters. The van der Waals surface area contributed by atoms with E-state index in [1.165, 1.54) is 18.2 Å². The Labute approximate surface area is 123 Å². The molecular formula is C15H19FN2OS. The number of carbonyl (C=O) groups is 1. The molecule has 2 N–H and O–H groups in total. The highest BCUT2D eigenvalue weighted by molar-refractivity contribution is 7.98. The number of nitrogens with zero attached hydrogens (tertiary/aromatic N) is 1. The van der Waals surface area contributed by atoms with Crippen LogP contribution in [0.2, 0.25) is 0 Å². The molecule has 0 radical (unpaired) electrons. The second kappa shape index (κ2) is 7.93. The van der Waals surface area contributed by atoms with Crippen molar-refractivity contribution in [1.29, 1.82) is 0 Å². The van der Waals surface area contributed by atoms with Gasteiger partial charge in [-0.05, 0) is 31.4 Å². The monoisotopic (exact) mass is 294 g/mol. The van der Waals surface area contributed by atoms with Crippen molar-refractivity contribution < 1.29 is 9.18 Å². The Bertz CT molecular complexity index is 536. The summed E-state index contributed by atoms with van der Waals surface area (Å²) in [5, 5.41) is 0. The zero-order valence-electron chi connectivity index (χ0n) is 11.9. The Kier molecular flexibility index (Phi) is 6.56. The minimum Gasteiger partial charge on any atom is -0.338 e. The molecule has 0 aliphatic heterocycles. The van der Waals surface area contributed by atoms with E-state index in [-0.39, 0.29) is 18.5 Å². The van der Waals surface area contributed by atoms with Crippen molar-refractivity contribution in [2.24, 2.45) is 5.73 Å². The summed E-state index contributed by atoms with van der Waals surface area (Å²) in [7, 11) is 1.74. The summed E-state index contributed by atoms with van der Waals surface area (Å²) in [6, 6.07) is 4.11. The summed E-state index contributed by atoms with van der Waals surface area (Å²) in [5.74, 6) is 5.68. The van der Waals surface area contributed by atoms with Gasteiger partial charge in [0.1, 0.15) is 5.82 Å². The van der Waals surface area contributed by atoms with Gasteiger partial charge in [-0.25, -0.2) is 4.39 Å². The lowest BCUT2D eigenvalue weighted by Gasteiger charge is -2.24. The maximum atomic E-state index is 13.3. The second-order valence-electron chi connectivity index (χ2n) is 4.42. The molecule has 0 bridgehead atoms. The van der Waals surface area contributed by atoms with Gasteiger partial charge in [0.25, 0.3) is 5.91 Å². The molecule has 20 heavy (non-hydrogen) atoms. The molecule has 0 aliphatic carbocycles. The van der Waals surface area contributed by atoms with Gasteiger partial charge in [0.05, 0.1) is 12.1 Å². The maximum Gasteiger partial charge on any atom is 0.255 e. The van der Waals surface area contributed by atoms with Crippen molar-refractivity contribution in [3.05, 3.63) is 35.1 Å². The number of hydrogen-bond acceptors (Lipinski definition) is 3. The van der Waals surface area contributed by atoms with Crippen LogP contribution in [0.5, 0.6) is 0 Å². The third-order valence-electron chi connectivity index (χ3n) is 2.93. The molecule has 0 fully saturated rings. The standard InChI is InChI=1S/C15H19FN2OS/c1-11(10-20-3)18(2)15(19)14-7-6-13(16)9-12(14)5-4-8-17/h6-7,9,11H,8,10,17H2,1-3H3. The second-order valence-corrected chi connectivity index (χ2v) is 5.33. The van der Waals surface area contributed by atoms with Crippen molar-refractivity contribution >= 4 is 17.7 Å². The third kappa shape index (κ3) is 4.26. The average Bonchev–Trinajstić information content (AvgIpc) is 2.44. The fourth-order valence-electron chi connectivity index (χ4n) is 1.70. The summed E-state index contributed by atoms with van der Waals surface area (Å²) in [6.45, 7) is 2.14. The van der Waals surface area contributed by atoms with Gasteiger partial charge in [-0.1, -0.05) is 11.8 Å². The van der Waals surface area contributed by atoms with E-state index in [1.54, 1.807) is 23.7 Å². The van der Waals surface area contributed by atoms with Crippen LogP contribution in [0.25, 0.3) is 0 Å². The largest absolute Gasteiger partial charge is 0.338 e. The van der Waals surface area contributed by atoms with Gasteiger partial charge in [0, 0.05) is 24.4 Å². The van der Waals surface area contributed by atoms with E-state index in [0.717, 1.165) is 5.75 Å². The molecule has 1 aromatic rings. The summed E-state index contributed by atoms with van der Waals surface area (Å²) >= 11 is 1.67. The first-order chi connectivity index (χ1) is 9.51. The summed E-state index contributed by atoms with van der Waals surface area (Å²) in [4.78, 5) is 14.1. The molecule has 1 rings (SSSR count). The molecule has 0 saturated carbocycles. The minimum absolute atomic E-state index is 0.0953. The van der Waals surface area contributed by atoms with Crippen LogP contribution in [-0.4, -0.2) is 42.4 Å². The van der Waals surface area contributed by atoms with Gasteiger partial charge in [-0.2, -0.15) is 11.8 Å². The van der Waals surface area contributed by atoms with E-state index in [0.29, 0.717) is 11.1 Å². The average molecular weight is 294 g/mol. The minimum atomic E-state index is -0.414. The zero-order valence-corrected chi connectivity index (χ0v) is 12.8. The number of amides is 1. The molecule has 1 atom stereocenters. The molecule has 108 valence electrons. The number of nitrogens with two attached hydrogens (primary N) is 1. The normalized spacial score (nSPS) is 11.4. The van der Waals surface area contributed by atoms with Gasteiger partial charge >= 0.3 is 0 Å². The topological polar surface area (TPSA) is 46.3 Å². The number of rotatable bonds is 4. The van der Waals surface area contributed by atoms with E-state index in [2.05, 4.69) is 11.8 Å². The molecular weight excluding hydrogens is 275 g/mol. The number of halogens is 1. The lowest BCUT2D eigenvalue weighted by atomic mass is 10.1. The van der Waals surface area contributed by atoms with Gasteiger partial charge in [0.2, 0.25) is 0 Å². The summed E-state index contributed by atoms with van der Waals surface area (Å²) in [6.07, 6.45) is 1.99. The molecule has 0 heterocycles. The quantitative estimate of drug-likeness (QED) is 0.864. The van der Waals surface area contributed by atoms with Crippen LogP contribution in [0.4, 0.5) is 4.39 Å². The van der Waals surface area contributed by atoms with Crippen molar-refractivity contribution in [2.45, 2.75) is 13.0 Å². The fourth-order valence-corrected chi connectivity index (χ4v) is 2.40. The van der Waals surface area contributed by atoms with Crippen LogP contribution < -0.4 is 5.73 Å². The van der Waals surface area contributed by atoms with Crippen LogP contribution >= 0.6 is 11.8 Å². The van der Waals surface area contributed by atoms with Crippen LogP contribution in [0.3, 0.4) is 0 Å². The maximum absolute atomic E-state index is 13.3. The Balaban J connectivity index is 3.09. The lowest BCUT2D eigenvalue weighted by molar-refractivity contribution is 0.0757. The van der Waals surface area contributed by atoms with E-state index in [1.807, 2.05) is 13.2 Å². The molecule has 3 nitrogen and oxygen atoms in total. The van der Waals surface area contributed by atoms with Crippen LogP contribution in [0, 0.1) is 17.7 Å². The SMILES string of the molecule is CSCC(C)N(C)C(=O)c1ccc(F)cc1C#CCN. The third-order valence-corrected chi connectivity index (χ3v) is 3.74. The summed E-state index contributed by atoms with van der Waals surface area (Å²) in [5.41, 5.74) is 6.11. The fraction of sp³-hybridized carbons (Fsp3) is 0.400. The highest BCUT2D eigenvalue weighted by Crippen LogP contribution is 2.15. The van der Waals surface area contributed by atoms with E-state index < -0.39 is 5.82 Å². The molecule has 0 saturated heterocycles. The Hall–Kier alpha value is -1.51. The van der Waals surface area contributed by atoms with Crippen LogP contribution in [0.1, 0.15) is 22.8 Å². The predicted molar refractivity (Wildman–Crippen MR) is 82.3 cm³/mol. The predicted octanol–water partition coefficient (Wildman–Crippen LogP) is 1.96. The van der Waals surface area contributed by atoms with E-state index in [9.17, 15) is 9.18 Å². The van der Waals surface area contributed by atoms with E-state index >= 15 is 0 Å². The van der Waals surface area contributed by atoms with Gasteiger partial charge < -0.3 is 10.6 Å². The van der Waals surface area contributed by atoms with Crippen LogP contribution in [0.15, 0.2) is 18.2 Å². The van der Waals surface area contributed by atoms with Gasteiger partial charge in [-0.3, -0.25) is 4.79 Å². The Morgan fingerprint density at radius 3 is 2.85 bits per heavy atom. The highest BCUT2D eigenvalue weighted by atomic mass is 32.2. The lowest BCUT2D eigenvalue weighted by Crippen LogP contribution is -2.37. The van der Waals surface area contributed by atoms with Crippen LogP contribution in [-0.2, 0) is 0 Å². The number of benzene rings is 1. The Morgan fingerprint density at radius 2 is 2.25 bits per heavy atom. The first kappa shape index (κ1) is 16.5. The molecule has 1 aromatic carbocycles. The molecule has 0 aliphatic rings. The molecule has 1 amide bonds. The number of thioether (sulfide) groups is 1. The Morgan fingerprint density at radius 1 is 1.55 bits per heavy atom. The van der Waals surface area contributed by atoms with Crippen molar-refractivity contribution in [1.82, 2.24) is 4.90 Å². The highest BCUT2D eigenvalue weighted by Gasteiger charge is 2.19.